The van der Waals surface area contributed by atoms with Crippen LogP contribution in [0, 0.1) is 6.92 Å². The lowest BCUT2D eigenvalue weighted by Gasteiger charge is -2.41. The second-order valence-electron chi connectivity index (χ2n) is 10.7. The lowest BCUT2D eigenvalue weighted by Crippen LogP contribution is -2.60. The summed E-state index contributed by atoms with van der Waals surface area (Å²) in [6.07, 6.45) is -7.03. The Hall–Kier alpha value is -3.50. The van der Waals surface area contributed by atoms with Gasteiger partial charge in [0.05, 0.1) is 6.61 Å². The molecule has 0 radical (unpaired) electrons. The Morgan fingerprint density at radius 1 is 0.976 bits per heavy atom. The van der Waals surface area contributed by atoms with Crippen LogP contribution in [0.2, 0.25) is 0 Å². The van der Waals surface area contributed by atoms with Gasteiger partial charge in [-0.1, -0.05) is 61.2 Å². The quantitative estimate of drug-likeness (QED) is 0.202. The molecule has 1 atom stereocenters. The molecule has 1 aliphatic carbocycles. The van der Waals surface area contributed by atoms with E-state index >= 15 is 0 Å². The van der Waals surface area contributed by atoms with E-state index in [0.717, 1.165) is 49.8 Å². The number of amides is 2. The summed E-state index contributed by atoms with van der Waals surface area (Å²) in [6.45, 7) is 1.55. The van der Waals surface area contributed by atoms with Gasteiger partial charge < -0.3 is 15.4 Å². The number of benzene rings is 2. The van der Waals surface area contributed by atoms with Gasteiger partial charge in [-0.3, -0.25) is 9.59 Å². The lowest BCUT2D eigenvalue weighted by molar-refractivity contribution is -0.202. The molecule has 1 aliphatic heterocycles. The Morgan fingerprint density at radius 3 is 2.20 bits per heavy atom. The smallest absolute Gasteiger partial charge is 0.416 e. The summed E-state index contributed by atoms with van der Waals surface area (Å²) < 4.78 is 87.1. The van der Waals surface area contributed by atoms with Crippen molar-refractivity contribution >= 4 is 17.4 Å². The highest BCUT2D eigenvalue weighted by molar-refractivity contribution is 6.25. The first kappa shape index (κ1) is 30.5. The summed E-state index contributed by atoms with van der Waals surface area (Å²) in [5, 5.41) is 4.96. The van der Waals surface area contributed by atoms with Crippen LogP contribution in [0.15, 0.2) is 54.1 Å². The first-order valence-corrected chi connectivity index (χ1v) is 13.6. The van der Waals surface area contributed by atoms with E-state index in [-0.39, 0.29) is 41.5 Å². The summed E-state index contributed by atoms with van der Waals surface area (Å²) in [4.78, 5) is 26.8. The van der Waals surface area contributed by atoms with Gasteiger partial charge in [-0.2, -0.15) is 26.3 Å². The average Bonchev–Trinajstić information content (AvgIpc) is 2.91. The normalized spacial score (nSPS) is 20.5. The number of alkyl halides is 6. The first-order valence-electron chi connectivity index (χ1n) is 13.6. The molecule has 11 heteroatoms. The van der Waals surface area contributed by atoms with Crippen LogP contribution in [0.25, 0.3) is 5.57 Å². The monoisotopic (exact) mass is 582 g/mol. The van der Waals surface area contributed by atoms with E-state index in [1.54, 1.807) is 24.3 Å². The van der Waals surface area contributed by atoms with Crippen LogP contribution in [0.5, 0.6) is 5.75 Å². The number of ether oxygens (including phenoxy) is 1. The highest BCUT2D eigenvalue weighted by Gasteiger charge is 2.60. The number of hydrogen-bond acceptors (Lipinski definition) is 3. The maximum absolute atomic E-state index is 14.9. The van der Waals surface area contributed by atoms with Gasteiger partial charge in [0, 0.05) is 18.9 Å². The van der Waals surface area contributed by atoms with Crippen LogP contribution >= 0.6 is 0 Å². The van der Waals surface area contributed by atoms with E-state index in [1.807, 2.05) is 6.92 Å². The second kappa shape index (κ2) is 12.2. The molecule has 1 saturated carbocycles. The van der Waals surface area contributed by atoms with Crippen molar-refractivity contribution in [3.63, 3.8) is 0 Å². The van der Waals surface area contributed by atoms with E-state index in [4.69, 9.17) is 4.74 Å². The summed E-state index contributed by atoms with van der Waals surface area (Å²) in [6, 6.07) is 11.1. The molecular formula is C30H32F6N2O3. The standard InChI is InChI=1S/C30H32F6N2O3/c1-19-8-10-20(11-9-19)24-18-28(30(34,35)36,21-12-14-23(15-13-21)41-17-5-16-29(31,32)33)38-27(40)25(24)26(39)37-22-6-3-2-4-7-22/h8-15,22H,2-7,16-18H2,1H3,(H,37,39)(H,38,40). The Bertz CT molecular complexity index is 1260. The molecule has 2 aromatic carbocycles. The minimum atomic E-state index is -4.96. The molecule has 0 bridgehead atoms. The molecule has 1 unspecified atom stereocenters. The predicted octanol–water partition coefficient (Wildman–Crippen LogP) is 6.90. The molecule has 0 spiro atoms. The largest absolute Gasteiger partial charge is 0.494 e. The van der Waals surface area contributed by atoms with Crippen LogP contribution in [0.4, 0.5) is 26.3 Å². The Balaban J connectivity index is 1.68. The lowest BCUT2D eigenvalue weighted by atomic mass is 9.76. The Kier molecular flexibility index (Phi) is 9.03. The number of carbonyl (C=O) groups is 2. The molecule has 1 heterocycles. The zero-order chi connectivity index (χ0) is 29.8. The number of nitrogens with one attached hydrogen (secondary N) is 2. The van der Waals surface area contributed by atoms with E-state index in [0.29, 0.717) is 5.56 Å². The van der Waals surface area contributed by atoms with E-state index in [2.05, 4.69) is 10.6 Å². The fraction of sp³-hybridized carbons (Fsp3) is 0.467. The van der Waals surface area contributed by atoms with Gasteiger partial charge in [-0.25, -0.2) is 0 Å². The number of halogens is 6. The second-order valence-corrected chi connectivity index (χ2v) is 10.7. The van der Waals surface area contributed by atoms with Crippen molar-refractivity contribution in [2.45, 2.75) is 82.2 Å². The van der Waals surface area contributed by atoms with Gasteiger partial charge in [0.15, 0.2) is 5.54 Å². The van der Waals surface area contributed by atoms with Gasteiger partial charge >= 0.3 is 12.4 Å². The van der Waals surface area contributed by atoms with E-state index in [9.17, 15) is 35.9 Å². The number of carbonyl (C=O) groups excluding carboxylic acids is 2. The molecule has 2 aliphatic rings. The van der Waals surface area contributed by atoms with Gasteiger partial charge in [-0.15, -0.1) is 0 Å². The summed E-state index contributed by atoms with van der Waals surface area (Å²) in [7, 11) is 0. The van der Waals surface area contributed by atoms with Crippen molar-refractivity contribution in [2.24, 2.45) is 0 Å². The molecule has 41 heavy (non-hydrogen) atoms. The Morgan fingerprint density at radius 2 is 1.61 bits per heavy atom. The van der Waals surface area contributed by atoms with Gasteiger partial charge in [0.1, 0.15) is 11.3 Å². The average molecular weight is 583 g/mol. The van der Waals surface area contributed by atoms with Crippen LogP contribution < -0.4 is 15.4 Å². The van der Waals surface area contributed by atoms with Crippen molar-refractivity contribution in [3.8, 4) is 5.75 Å². The third-order valence-corrected chi connectivity index (χ3v) is 7.57. The van der Waals surface area contributed by atoms with Crippen molar-refractivity contribution in [1.29, 1.82) is 0 Å². The van der Waals surface area contributed by atoms with Crippen LogP contribution in [0.1, 0.15) is 68.1 Å². The van der Waals surface area contributed by atoms with Crippen molar-refractivity contribution in [3.05, 3.63) is 70.8 Å². The highest BCUT2D eigenvalue weighted by atomic mass is 19.4. The maximum atomic E-state index is 14.9. The molecule has 222 valence electrons. The van der Waals surface area contributed by atoms with E-state index in [1.165, 1.54) is 12.1 Å². The zero-order valence-electron chi connectivity index (χ0n) is 22.6. The zero-order valence-corrected chi connectivity index (χ0v) is 22.6. The summed E-state index contributed by atoms with van der Waals surface area (Å²) in [5.74, 6) is -1.74. The molecule has 4 rings (SSSR count). The van der Waals surface area contributed by atoms with Gasteiger partial charge in [0.2, 0.25) is 0 Å². The summed E-state index contributed by atoms with van der Waals surface area (Å²) >= 11 is 0. The number of aryl methyl sites for hydroxylation is 1. The van der Waals surface area contributed by atoms with Crippen LogP contribution in [0.3, 0.4) is 0 Å². The molecule has 0 saturated heterocycles. The molecule has 5 nitrogen and oxygen atoms in total. The van der Waals surface area contributed by atoms with Crippen LogP contribution in [-0.2, 0) is 15.1 Å². The molecule has 2 N–H and O–H groups in total. The predicted molar refractivity (Wildman–Crippen MR) is 141 cm³/mol. The van der Waals surface area contributed by atoms with Gasteiger partial charge in [0.25, 0.3) is 11.8 Å². The summed E-state index contributed by atoms with van der Waals surface area (Å²) in [5.41, 5.74) is -2.32. The number of hydrogen-bond donors (Lipinski definition) is 2. The minimum Gasteiger partial charge on any atom is -0.494 e. The highest BCUT2D eigenvalue weighted by Crippen LogP contribution is 2.48. The maximum Gasteiger partial charge on any atom is 0.416 e. The molecule has 2 aromatic rings. The van der Waals surface area contributed by atoms with Crippen molar-refractivity contribution in [2.75, 3.05) is 6.61 Å². The third-order valence-electron chi connectivity index (χ3n) is 7.57. The Labute approximate surface area is 234 Å². The molecule has 0 aromatic heterocycles. The molecule has 1 fully saturated rings. The van der Waals surface area contributed by atoms with Crippen molar-refractivity contribution in [1.82, 2.24) is 10.6 Å². The molecule has 2 amide bonds. The minimum absolute atomic E-state index is 0.0214. The number of rotatable bonds is 8. The first-order chi connectivity index (χ1) is 19.3. The molecular weight excluding hydrogens is 550 g/mol. The SMILES string of the molecule is Cc1ccc(C2=C(C(=O)NC3CCCCC3)C(=O)NC(c3ccc(OCCCC(F)(F)F)cc3)(C(F)(F)F)C2)cc1. The van der Waals surface area contributed by atoms with Crippen LogP contribution in [-0.4, -0.2) is 36.8 Å². The fourth-order valence-corrected chi connectivity index (χ4v) is 5.34. The van der Waals surface area contributed by atoms with E-state index < -0.39 is 42.5 Å². The van der Waals surface area contributed by atoms with Gasteiger partial charge in [-0.05, 0) is 55.0 Å². The topological polar surface area (TPSA) is 67.4 Å². The fourth-order valence-electron chi connectivity index (χ4n) is 5.34. The van der Waals surface area contributed by atoms with Crippen molar-refractivity contribution < 1.29 is 40.7 Å². The third kappa shape index (κ3) is 7.23.